The molecule has 0 bridgehead atoms. The Bertz CT molecular complexity index is 324. The van der Waals surface area contributed by atoms with Gasteiger partial charge >= 0.3 is 5.97 Å². The van der Waals surface area contributed by atoms with Crippen molar-refractivity contribution in [1.82, 2.24) is 5.32 Å². The number of hydrogen-bond acceptors (Lipinski definition) is 4. The standard InChI is InChI=1S/C12H19NO2S/c1-4-6-12(2,11(14)15-3)13-8-10-5-7-16-9-10/h5,7,9,13H,4,6,8H2,1-3H3. The molecule has 0 aromatic carbocycles. The normalized spacial score (nSPS) is 14.4. The molecule has 0 aliphatic heterocycles. The average molecular weight is 241 g/mol. The van der Waals surface area contributed by atoms with Crippen LogP contribution in [0.5, 0.6) is 0 Å². The highest BCUT2D eigenvalue weighted by Crippen LogP contribution is 2.16. The van der Waals surface area contributed by atoms with Gasteiger partial charge in [0.2, 0.25) is 0 Å². The fourth-order valence-corrected chi connectivity index (χ4v) is 2.35. The van der Waals surface area contributed by atoms with E-state index in [-0.39, 0.29) is 5.97 Å². The summed E-state index contributed by atoms with van der Waals surface area (Å²) in [5.41, 5.74) is 0.627. The molecule has 1 rings (SSSR count). The Labute approximate surface area is 101 Å². The molecular formula is C12H19NO2S. The molecule has 0 amide bonds. The number of hydrogen-bond donors (Lipinski definition) is 1. The fraction of sp³-hybridized carbons (Fsp3) is 0.583. The lowest BCUT2D eigenvalue weighted by Crippen LogP contribution is -2.49. The molecule has 1 unspecified atom stereocenters. The van der Waals surface area contributed by atoms with Crippen LogP contribution >= 0.6 is 11.3 Å². The van der Waals surface area contributed by atoms with Crippen LogP contribution < -0.4 is 5.32 Å². The van der Waals surface area contributed by atoms with Crippen LogP contribution in [0.3, 0.4) is 0 Å². The summed E-state index contributed by atoms with van der Waals surface area (Å²) in [6.45, 7) is 4.66. The molecule has 1 N–H and O–H groups in total. The van der Waals surface area contributed by atoms with Gasteiger partial charge in [-0.2, -0.15) is 11.3 Å². The lowest BCUT2D eigenvalue weighted by Gasteiger charge is -2.27. The number of carbonyl (C=O) groups is 1. The van der Waals surface area contributed by atoms with Crippen molar-refractivity contribution < 1.29 is 9.53 Å². The van der Waals surface area contributed by atoms with E-state index in [0.29, 0.717) is 6.54 Å². The predicted molar refractivity (Wildman–Crippen MR) is 66.5 cm³/mol. The summed E-state index contributed by atoms with van der Waals surface area (Å²) in [6, 6.07) is 2.06. The molecule has 4 heteroatoms. The third-order valence-electron chi connectivity index (χ3n) is 2.65. The van der Waals surface area contributed by atoms with Gasteiger partial charge in [0.1, 0.15) is 5.54 Å². The van der Waals surface area contributed by atoms with Crippen molar-refractivity contribution in [3.8, 4) is 0 Å². The molecule has 16 heavy (non-hydrogen) atoms. The zero-order valence-electron chi connectivity index (χ0n) is 10.1. The quantitative estimate of drug-likeness (QED) is 0.778. The predicted octanol–water partition coefficient (Wildman–Crippen LogP) is 2.57. The van der Waals surface area contributed by atoms with Gasteiger partial charge in [-0.3, -0.25) is 10.1 Å². The van der Waals surface area contributed by atoms with Crippen LogP contribution in [0.4, 0.5) is 0 Å². The monoisotopic (exact) mass is 241 g/mol. The highest BCUT2D eigenvalue weighted by Gasteiger charge is 2.32. The summed E-state index contributed by atoms with van der Waals surface area (Å²) in [7, 11) is 1.43. The van der Waals surface area contributed by atoms with Crippen LogP contribution in [-0.2, 0) is 16.1 Å². The van der Waals surface area contributed by atoms with E-state index >= 15 is 0 Å². The van der Waals surface area contributed by atoms with Gasteiger partial charge in [-0.1, -0.05) is 13.3 Å². The lowest BCUT2D eigenvalue weighted by atomic mass is 9.96. The Balaban J connectivity index is 2.60. The Morgan fingerprint density at radius 1 is 1.62 bits per heavy atom. The minimum Gasteiger partial charge on any atom is -0.468 e. The maximum Gasteiger partial charge on any atom is 0.325 e. The third kappa shape index (κ3) is 3.32. The molecule has 0 aliphatic carbocycles. The van der Waals surface area contributed by atoms with Gasteiger partial charge in [0.25, 0.3) is 0 Å². The van der Waals surface area contributed by atoms with E-state index in [1.165, 1.54) is 12.7 Å². The van der Waals surface area contributed by atoms with E-state index < -0.39 is 5.54 Å². The van der Waals surface area contributed by atoms with E-state index in [1.807, 2.05) is 12.3 Å². The van der Waals surface area contributed by atoms with E-state index in [1.54, 1.807) is 11.3 Å². The molecule has 0 radical (unpaired) electrons. The first-order valence-electron chi connectivity index (χ1n) is 5.47. The first-order valence-corrected chi connectivity index (χ1v) is 6.41. The maximum absolute atomic E-state index is 11.7. The van der Waals surface area contributed by atoms with Crippen molar-refractivity contribution in [2.24, 2.45) is 0 Å². The molecule has 0 spiro atoms. The van der Waals surface area contributed by atoms with Crippen LogP contribution in [0.2, 0.25) is 0 Å². The summed E-state index contributed by atoms with van der Waals surface area (Å²) in [4.78, 5) is 11.7. The number of methoxy groups -OCH3 is 1. The van der Waals surface area contributed by atoms with Crippen molar-refractivity contribution in [2.45, 2.75) is 38.8 Å². The maximum atomic E-state index is 11.7. The number of nitrogens with one attached hydrogen (secondary N) is 1. The van der Waals surface area contributed by atoms with Gasteiger partial charge in [0.05, 0.1) is 7.11 Å². The molecular weight excluding hydrogens is 222 g/mol. The molecule has 0 saturated carbocycles. The van der Waals surface area contributed by atoms with Gasteiger partial charge in [0.15, 0.2) is 0 Å². The van der Waals surface area contributed by atoms with Crippen molar-refractivity contribution in [1.29, 1.82) is 0 Å². The zero-order valence-corrected chi connectivity index (χ0v) is 10.9. The van der Waals surface area contributed by atoms with Crippen LogP contribution in [0.1, 0.15) is 32.3 Å². The number of rotatable bonds is 6. The lowest BCUT2D eigenvalue weighted by molar-refractivity contribution is -0.148. The second-order valence-electron chi connectivity index (χ2n) is 4.06. The minimum atomic E-state index is -0.578. The van der Waals surface area contributed by atoms with E-state index in [2.05, 4.69) is 23.7 Å². The fourth-order valence-electron chi connectivity index (χ4n) is 1.68. The third-order valence-corrected chi connectivity index (χ3v) is 3.38. The smallest absolute Gasteiger partial charge is 0.325 e. The topological polar surface area (TPSA) is 38.3 Å². The summed E-state index contributed by atoms with van der Waals surface area (Å²) in [6.07, 6.45) is 1.73. The Morgan fingerprint density at radius 3 is 2.88 bits per heavy atom. The molecule has 90 valence electrons. The minimum absolute atomic E-state index is 0.190. The molecule has 0 fully saturated rings. The largest absolute Gasteiger partial charge is 0.468 e. The van der Waals surface area contributed by atoms with Crippen molar-refractivity contribution in [3.05, 3.63) is 22.4 Å². The number of esters is 1. The van der Waals surface area contributed by atoms with Gasteiger partial charge in [-0.15, -0.1) is 0 Å². The highest BCUT2D eigenvalue weighted by molar-refractivity contribution is 7.07. The number of thiophene rings is 1. The van der Waals surface area contributed by atoms with Crippen LogP contribution in [-0.4, -0.2) is 18.6 Å². The summed E-state index contributed by atoms with van der Waals surface area (Å²) >= 11 is 1.66. The highest BCUT2D eigenvalue weighted by atomic mass is 32.1. The first-order chi connectivity index (χ1) is 7.62. The molecule has 1 heterocycles. The van der Waals surface area contributed by atoms with E-state index in [0.717, 1.165) is 12.8 Å². The van der Waals surface area contributed by atoms with Gasteiger partial charge in [-0.05, 0) is 35.7 Å². The first kappa shape index (κ1) is 13.2. The van der Waals surface area contributed by atoms with Crippen LogP contribution in [0, 0.1) is 0 Å². The molecule has 0 saturated heterocycles. The van der Waals surface area contributed by atoms with Crippen LogP contribution in [0.15, 0.2) is 16.8 Å². The van der Waals surface area contributed by atoms with Gasteiger partial charge in [-0.25, -0.2) is 0 Å². The summed E-state index contributed by atoms with van der Waals surface area (Å²) < 4.78 is 4.84. The zero-order chi connectivity index (χ0) is 12.0. The second-order valence-corrected chi connectivity index (χ2v) is 4.84. The summed E-state index contributed by atoms with van der Waals surface area (Å²) in [5, 5.41) is 7.40. The molecule has 1 aromatic heterocycles. The average Bonchev–Trinajstić information content (AvgIpc) is 2.78. The van der Waals surface area contributed by atoms with E-state index in [9.17, 15) is 4.79 Å². The number of carbonyl (C=O) groups excluding carboxylic acids is 1. The second kappa shape index (κ2) is 6.01. The van der Waals surface area contributed by atoms with Gasteiger partial charge < -0.3 is 4.74 Å². The van der Waals surface area contributed by atoms with Crippen LogP contribution in [0.25, 0.3) is 0 Å². The molecule has 1 aromatic rings. The Hall–Kier alpha value is -0.870. The molecule has 3 nitrogen and oxygen atoms in total. The van der Waals surface area contributed by atoms with Crippen molar-refractivity contribution >= 4 is 17.3 Å². The summed E-state index contributed by atoms with van der Waals surface area (Å²) in [5.74, 6) is -0.190. The Kier molecular flexibility index (Phi) is 4.96. The van der Waals surface area contributed by atoms with Crippen molar-refractivity contribution in [3.63, 3.8) is 0 Å². The Morgan fingerprint density at radius 2 is 2.38 bits per heavy atom. The van der Waals surface area contributed by atoms with E-state index in [4.69, 9.17) is 4.74 Å². The molecule has 0 aliphatic rings. The number of ether oxygens (including phenoxy) is 1. The van der Waals surface area contributed by atoms with Gasteiger partial charge in [0, 0.05) is 6.54 Å². The molecule has 1 atom stereocenters. The SMILES string of the molecule is CCCC(C)(NCc1ccsc1)C(=O)OC. The van der Waals surface area contributed by atoms with Crippen molar-refractivity contribution in [2.75, 3.05) is 7.11 Å².